The van der Waals surface area contributed by atoms with Crippen molar-refractivity contribution in [3.05, 3.63) is 34.6 Å². The Morgan fingerprint density at radius 1 is 1.55 bits per heavy atom. The van der Waals surface area contributed by atoms with Crippen molar-refractivity contribution in [2.45, 2.75) is 25.4 Å². The number of nitrogens with one attached hydrogen (secondary N) is 1. The third-order valence-corrected chi connectivity index (χ3v) is 5.11. The lowest BCUT2D eigenvalue weighted by Gasteiger charge is -2.38. The van der Waals surface area contributed by atoms with Gasteiger partial charge < -0.3 is 10.2 Å². The summed E-state index contributed by atoms with van der Waals surface area (Å²) in [7, 11) is 2.16. The van der Waals surface area contributed by atoms with Crippen LogP contribution in [0.25, 0.3) is 0 Å². The van der Waals surface area contributed by atoms with Crippen LogP contribution in [-0.4, -0.2) is 48.6 Å². The van der Waals surface area contributed by atoms with Gasteiger partial charge in [0.15, 0.2) is 0 Å². The molecule has 0 saturated carbocycles. The maximum absolute atomic E-state index is 14.0. The van der Waals surface area contributed by atoms with Gasteiger partial charge in [0.05, 0.1) is 0 Å². The zero-order chi connectivity index (χ0) is 14.5. The van der Waals surface area contributed by atoms with E-state index < -0.39 is 0 Å². The van der Waals surface area contributed by atoms with Crippen LogP contribution in [-0.2, 0) is 6.42 Å². The van der Waals surface area contributed by atoms with Gasteiger partial charge in [0.2, 0.25) is 0 Å². The molecular formula is C15H22ClFN2S. The Balaban J connectivity index is 2.11. The molecule has 2 nitrogen and oxygen atoms in total. The third-order valence-electron chi connectivity index (χ3n) is 3.83. The van der Waals surface area contributed by atoms with E-state index in [2.05, 4.69) is 24.2 Å². The Labute approximate surface area is 130 Å². The number of rotatable bonds is 5. The van der Waals surface area contributed by atoms with Crippen LogP contribution < -0.4 is 5.32 Å². The molecule has 112 valence electrons. The molecule has 0 radical (unpaired) electrons. The number of halogens is 2. The lowest BCUT2D eigenvalue weighted by Crippen LogP contribution is -2.53. The van der Waals surface area contributed by atoms with Gasteiger partial charge in [-0.25, -0.2) is 4.39 Å². The second-order valence-corrected chi connectivity index (χ2v) is 6.81. The van der Waals surface area contributed by atoms with E-state index >= 15 is 0 Å². The molecule has 1 N–H and O–H groups in total. The summed E-state index contributed by atoms with van der Waals surface area (Å²) in [5, 5.41) is 3.97. The molecule has 2 atom stereocenters. The van der Waals surface area contributed by atoms with Crippen LogP contribution >= 0.6 is 23.4 Å². The molecule has 1 aromatic rings. The van der Waals surface area contributed by atoms with Crippen LogP contribution in [0.2, 0.25) is 5.02 Å². The lowest BCUT2D eigenvalue weighted by molar-refractivity contribution is 0.214. The van der Waals surface area contributed by atoms with Crippen LogP contribution in [0.5, 0.6) is 0 Å². The van der Waals surface area contributed by atoms with Crippen LogP contribution in [0.4, 0.5) is 4.39 Å². The Bertz CT molecular complexity index is 444. The predicted octanol–water partition coefficient (Wildman–Crippen LogP) is 3.05. The van der Waals surface area contributed by atoms with Gasteiger partial charge in [-0.3, -0.25) is 0 Å². The molecule has 1 saturated heterocycles. The minimum absolute atomic E-state index is 0.202. The highest BCUT2D eigenvalue weighted by molar-refractivity contribution is 7.99. The SMILES string of the molecule is CCNC(Cc1ccc(Cl)cc1F)C1CSCCN1C. The summed E-state index contributed by atoms with van der Waals surface area (Å²) >= 11 is 7.80. The van der Waals surface area contributed by atoms with Crippen LogP contribution in [0.1, 0.15) is 12.5 Å². The highest BCUT2D eigenvalue weighted by atomic mass is 35.5. The average Bonchev–Trinajstić information content (AvgIpc) is 2.42. The Morgan fingerprint density at radius 2 is 2.35 bits per heavy atom. The van der Waals surface area contributed by atoms with E-state index in [1.54, 1.807) is 12.1 Å². The molecule has 1 aromatic carbocycles. The van der Waals surface area contributed by atoms with E-state index in [0.29, 0.717) is 17.5 Å². The smallest absolute Gasteiger partial charge is 0.127 e. The summed E-state index contributed by atoms with van der Waals surface area (Å²) in [4.78, 5) is 2.39. The van der Waals surface area contributed by atoms with Crippen molar-refractivity contribution in [2.24, 2.45) is 0 Å². The van der Waals surface area contributed by atoms with Gasteiger partial charge in [0.25, 0.3) is 0 Å². The van der Waals surface area contributed by atoms with E-state index in [1.165, 1.54) is 11.8 Å². The first-order chi connectivity index (χ1) is 9.61. The monoisotopic (exact) mass is 316 g/mol. The number of hydrogen-bond donors (Lipinski definition) is 1. The summed E-state index contributed by atoms with van der Waals surface area (Å²) < 4.78 is 14.0. The molecule has 0 bridgehead atoms. The Hall–Kier alpha value is -0.290. The second-order valence-electron chi connectivity index (χ2n) is 5.23. The highest BCUT2D eigenvalue weighted by Gasteiger charge is 2.28. The second kappa shape index (κ2) is 7.64. The van der Waals surface area contributed by atoms with Crippen molar-refractivity contribution < 1.29 is 4.39 Å². The fraction of sp³-hybridized carbons (Fsp3) is 0.600. The number of thioether (sulfide) groups is 1. The van der Waals surface area contributed by atoms with E-state index in [9.17, 15) is 4.39 Å². The first-order valence-electron chi connectivity index (χ1n) is 7.07. The summed E-state index contributed by atoms with van der Waals surface area (Å²) in [6, 6.07) is 5.69. The van der Waals surface area contributed by atoms with Crippen molar-refractivity contribution in [1.82, 2.24) is 10.2 Å². The van der Waals surface area contributed by atoms with E-state index in [0.717, 1.165) is 24.4 Å². The van der Waals surface area contributed by atoms with Gasteiger partial charge >= 0.3 is 0 Å². The number of likely N-dealkylation sites (N-methyl/N-ethyl adjacent to an activating group) is 2. The molecule has 0 aliphatic carbocycles. The van der Waals surface area contributed by atoms with Crippen molar-refractivity contribution in [1.29, 1.82) is 0 Å². The third kappa shape index (κ3) is 4.10. The fourth-order valence-electron chi connectivity index (χ4n) is 2.66. The number of hydrogen-bond acceptors (Lipinski definition) is 3. The quantitative estimate of drug-likeness (QED) is 0.899. The van der Waals surface area contributed by atoms with Gasteiger partial charge in [0, 0.05) is 35.2 Å². The maximum atomic E-state index is 14.0. The van der Waals surface area contributed by atoms with Gasteiger partial charge in [-0.1, -0.05) is 24.6 Å². The number of benzene rings is 1. The van der Waals surface area contributed by atoms with Gasteiger partial charge in [-0.2, -0.15) is 11.8 Å². The summed E-state index contributed by atoms with van der Waals surface area (Å²) in [6.45, 7) is 4.09. The molecule has 1 aliphatic heterocycles. The fourth-order valence-corrected chi connectivity index (χ4v) is 4.13. The van der Waals surface area contributed by atoms with E-state index in [-0.39, 0.29) is 11.9 Å². The highest BCUT2D eigenvalue weighted by Crippen LogP contribution is 2.22. The first kappa shape index (κ1) is 16.1. The van der Waals surface area contributed by atoms with Crippen molar-refractivity contribution >= 4 is 23.4 Å². The standard InChI is InChI=1S/C15H22ClFN2S/c1-3-18-14(15-10-20-7-6-19(15)2)8-11-4-5-12(16)9-13(11)17/h4-5,9,14-15,18H,3,6-8,10H2,1-2H3. The van der Waals surface area contributed by atoms with Crippen LogP contribution in [0.3, 0.4) is 0 Å². The molecule has 1 heterocycles. The van der Waals surface area contributed by atoms with Crippen LogP contribution in [0.15, 0.2) is 18.2 Å². The maximum Gasteiger partial charge on any atom is 0.127 e. The van der Waals surface area contributed by atoms with Gasteiger partial charge in [0.1, 0.15) is 5.82 Å². The average molecular weight is 317 g/mol. The predicted molar refractivity (Wildman–Crippen MR) is 86.3 cm³/mol. The molecule has 20 heavy (non-hydrogen) atoms. The normalized spacial score (nSPS) is 21.9. The Kier molecular flexibility index (Phi) is 6.15. The Morgan fingerprint density at radius 3 is 3.00 bits per heavy atom. The zero-order valence-electron chi connectivity index (χ0n) is 12.0. The lowest BCUT2D eigenvalue weighted by atomic mass is 9.98. The van der Waals surface area contributed by atoms with Gasteiger partial charge in [-0.15, -0.1) is 0 Å². The summed E-state index contributed by atoms with van der Waals surface area (Å²) in [5.74, 6) is 2.08. The molecule has 1 aliphatic rings. The van der Waals surface area contributed by atoms with E-state index in [1.807, 2.05) is 11.8 Å². The zero-order valence-corrected chi connectivity index (χ0v) is 13.6. The van der Waals surface area contributed by atoms with Crippen LogP contribution in [0, 0.1) is 5.82 Å². The topological polar surface area (TPSA) is 15.3 Å². The first-order valence-corrected chi connectivity index (χ1v) is 8.60. The molecule has 5 heteroatoms. The molecule has 0 aromatic heterocycles. The van der Waals surface area contributed by atoms with Crippen molar-refractivity contribution in [2.75, 3.05) is 31.6 Å². The molecule has 2 unspecified atom stereocenters. The molecule has 2 rings (SSSR count). The van der Waals surface area contributed by atoms with E-state index in [4.69, 9.17) is 11.6 Å². The van der Waals surface area contributed by atoms with Crippen molar-refractivity contribution in [3.8, 4) is 0 Å². The number of nitrogens with zero attached hydrogens (tertiary/aromatic N) is 1. The van der Waals surface area contributed by atoms with Gasteiger partial charge in [-0.05, 0) is 37.7 Å². The molecule has 0 amide bonds. The minimum atomic E-state index is -0.202. The minimum Gasteiger partial charge on any atom is -0.312 e. The largest absolute Gasteiger partial charge is 0.312 e. The summed E-state index contributed by atoms with van der Waals surface area (Å²) in [6.07, 6.45) is 0.701. The molecule has 0 spiro atoms. The van der Waals surface area contributed by atoms with Crippen molar-refractivity contribution in [3.63, 3.8) is 0 Å². The molecule has 1 fully saturated rings. The summed E-state index contributed by atoms with van der Waals surface area (Å²) in [5.41, 5.74) is 0.740. The molecular weight excluding hydrogens is 295 g/mol.